The average molecular weight is 380 g/mol. The number of nitrogens with zero attached hydrogens (tertiary/aromatic N) is 2. The Labute approximate surface area is 161 Å². The maximum absolute atomic E-state index is 12.2. The lowest BCUT2D eigenvalue weighted by Gasteiger charge is -2.07. The summed E-state index contributed by atoms with van der Waals surface area (Å²) in [5, 5.41) is 0. The maximum atomic E-state index is 12.2. The van der Waals surface area contributed by atoms with E-state index in [-0.39, 0.29) is 12.2 Å². The van der Waals surface area contributed by atoms with Crippen LogP contribution >= 0.6 is 0 Å². The first-order valence-electron chi connectivity index (χ1n) is 8.56. The first-order valence-corrected chi connectivity index (χ1v) is 8.56. The first-order chi connectivity index (χ1) is 13.5. The summed E-state index contributed by atoms with van der Waals surface area (Å²) in [6.07, 6.45) is 4.58. The number of fused-ring (bicyclic) bond motifs is 1. The molecule has 0 atom stereocenters. The predicted molar refractivity (Wildman–Crippen MR) is 105 cm³/mol. The molecule has 2 heterocycles. The maximum Gasteiger partial charge on any atom is 0.331 e. The lowest BCUT2D eigenvalue weighted by Crippen LogP contribution is -2.16. The van der Waals surface area contributed by atoms with Crippen LogP contribution in [0.3, 0.4) is 0 Å². The zero-order valence-corrected chi connectivity index (χ0v) is 15.8. The Hall–Kier alpha value is -3.61. The standard InChI is InChI=1S/C21H20N2O5/c1-14-4-8-19-22-16(11-20(24)23(19)12-14)13-28-21(25)9-5-15-10-17(26-2)6-7-18(15)27-3/h4-12H,13H2,1-3H3/b9-5+. The summed E-state index contributed by atoms with van der Waals surface area (Å²) in [5.41, 5.74) is 2.29. The van der Waals surface area contributed by atoms with Crippen LogP contribution in [0.1, 0.15) is 16.8 Å². The molecule has 0 aliphatic carbocycles. The number of carbonyl (C=O) groups is 1. The molecular weight excluding hydrogens is 360 g/mol. The van der Waals surface area contributed by atoms with Crippen molar-refractivity contribution in [1.29, 1.82) is 0 Å². The van der Waals surface area contributed by atoms with Crippen LogP contribution < -0.4 is 15.0 Å². The van der Waals surface area contributed by atoms with Crippen molar-refractivity contribution in [3.8, 4) is 11.5 Å². The van der Waals surface area contributed by atoms with E-state index < -0.39 is 5.97 Å². The van der Waals surface area contributed by atoms with Crippen molar-refractivity contribution >= 4 is 17.7 Å². The molecule has 0 saturated heterocycles. The Morgan fingerprint density at radius 3 is 2.71 bits per heavy atom. The predicted octanol–water partition coefficient (Wildman–Crippen LogP) is 2.78. The van der Waals surface area contributed by atoms with Gasteiger partial charge in [-0.3, -0.25) is 9.20 Å². The minimum Gasteiger partial charge on any atom is -0.497 e. The van der Waals surface area contributed by atoms with Crippen molar-refractivity contribution in [2.45, 2.75) is 13.5 Å². The molecule has 1 aromatic carbocycles. The van der Waals surface area contributed by atoms with Gasteiger partial charge in [0.25, 0.3) is 5.56 Å². The number of methoxy groups -OCH3 is 2. The van der Waals surface area contributed by atoms with E-state index in [1.165, 1.54) is 16.5 Å². The number of benzene rings is 1. The van der Waals surface area contributed by atoms with Crippen LogP contribution in [-0.2, 0) is 16.1 Å². The van der Waals surface area contributed by atoms with Gasteiger partial charge in [-0.25, -0.2) is 9.78 Å². The van der Waals surface area contributed by atoms with Gasteiger partial charge in [0.1, 0.15) is 23.8 Å². The monoisotopic (exact) mass is 380 g/mol. The van der Waals surface area contributed by atoms with Crippen molar-refractivity contribution in [1.82, 2.24) is 9.38 Å². The number of aromatic nitrogens is 2. The van der Waals surface area contributed by atoms with E-state index in [1.54, 1.807) is 50.8 Å². The third kappa shape index (κ3) is 4.37. The molecule has 3 aromatic rings. The molecule has 0 radical (unpaired) electrons. The molecule has 3 rings (SSSR count). The van der Waals surface area contributed by atoms with Crippen LogP contribution in [0.15, 0.2) is 53.5 Å². The smallest absolute Gasteiger partial charge is 0.331 e. The van der Waals surface area contributed by atoms with Gasteiger partial charge < -0.3 is 14.2 Å². The van der Waals surface area contributed by atoms with E-state index in [0.29, 0.717) is 28.4 Å². The number of aryl methyl sites for hydroxylation is 1. The van der Waals surface area contributed by atoms with Crippen LogP contribution in [0.2, 0.25) is 0 Å². The quantitative estimate of drug-likeness (QED) is 0.483. The molecule has 144 valence electrons. The van der Waals surface area contributed by atoms with Gasteiger partial charge in [0.2, 0.25) is 0 Å². The average Bonchev–Trinajstić information content (AvgIpc) is 2.71. The van der Waals surface area contributed by atoms with E-state index in [9.17, 15) is 9.59 Å². The summed E-state index contributed by atoms with van der Waals surface area (Å²) in [6.45, 7) is 1.79. The highest BCUT2D eigenvalue weighted by molar-refractivity contribution is 5.87. The highest BCUT2D eigenvalue weighted by atomic mass is 16.5. The van der Waals surface area contributed by atoms with E-state index >= 15 is 0 Å². The molecule has 0 N–H and O–H groups in total. The largest absolute Gasteiger partial charge is 0.497 e. The minimum atomic E-state index is -0.559. The highest BCUT2D eigenvalue weighted by Gasteiger charge is 2.06. The number of hydrogen-bond donors (Lipinski definition) is 0. The van der Waals surface area contributed by atoms with Crippen molar-refractivity contribution in [2.75, 3.05) is 14.2 Å². The fourth-order valence-corrected chi connectivity index (χ4v) is 2.65. The summed E-state index contributed by atoms with van der Waals surface area (Å²) in [6, 6.07) is 10.2. The molecule has 2 aromatic heterocycles. The molecular formula is C21H20N2O5. The van der Waals surface area contributed by atoms with Gasteiger partial charge in [0.05, 0.1) is 19.9 Å². The van der Waals surface area contributed by atoms with Gasteiger partial charge in [-0.1, -0.05) is 6.07 Å². The third-order valence-electron chi connectivity index (χ3n) is 4.06. The fourth-order valence-electron chi connectivity index (χ4n) is 2.65. The number of carbonyl (C=O) groups excluding carboxylic acids is 1. The van der Waals surface area contributed by atoms with Crippen molar-refractivity contribution in [3.05, 3.63) is 75.8 Å². The Morgan fingerprint density at radius 1 is 1.14 bits per heavy atom. The topological polar surface area (TPSA) is 79.1 Å². The number of pyridine rings is 1. The Bertz CT molecular complexity index is 1100. The minimum absolute atomic E-state index is 0.0992. The summed E-state index contributed by atoms with van der Waals surface area (Å²) in [7, 11) is 3.10. The second-order valence-corrected chi connectivity index (χ2v) is 6.07. The summed E-state index contributed by atoms with van der Waals surface area (Å²) in [5.74, 6) is 0.685. The van der Waals surface area contributed by atoms with Crippen molar-refractivity contribution in [2.24, 2.45) is 0 Å². The molecule has 0 unspecified atom stereocenters. The number of hydrogen-bond acceptors (Lipinski definition) is 6. The normalized spacial score (nSPS) is 11.0. The van der Waals surface area contributed by atoms with Gasteiger partial charge in [-0.05, 0) is 42.8 Å². The molecule has 0 fully saturated rings. The first kappa shape index (κ1) is 19.2. The third-order valence-corrected chi connectivity index (χ3v) is 4.06. The summed E-state index contributed by atoms with van der Waals surface area (Å²) >= 11 is 0. The Balaban J connectivity index is 1.71. The van der Waals surface area contributed by atoms with Crippen LogP contribution in [0, 0.1) is 6.92 Å². The molecule has 0 aliphatic rings. The Kier molecular flexibility index (Phi) is 5.74. The van der Waals surface area contributed by atoms with E-state index in [0.717, 1.165) is 5.56 Å². The molecule has 7 heteroatoms. The highest BCUT2D eigenvalue weighted by Crippen LogP contribution is 2.25. The van der Waals surface area contributed by atoms with E-state index in [2.05, 4.69) is 4.98 Å². The van der Waals surface area contributed by atoms with E-state index in [4.69, 9.17) is 14.2 Å². The second kappa shape index (κ2) is 8.39. The van der Waals surface area contributed by atoms with Crippen molar-refractivity contribution < 1.29 is 19.0 Å². The zero-order chi connectivity index (χ0) is 20.1. The van der Waals surface area contributed by atoms with Gasteiger partial charge in [-0.2, -0.15) is 0 Å². The lowest BCUT2D eigenvalue weighted by atomic mass is 10.1. The van der Waals surface area contributed by atoms with Gasteiger partial charge in [0.15, 0.2) is 0 Å². The van der Waals surface area contributed by atoms with Crippen LogP contribution in [0.5, 0.6) is 11.5 Å². The van der Waals surface area contributed by atoms with E-state index in [1.807, 2.05) is 13.0 Å². The Morgan fingerprint density at radius 2 is 1.96 bits per heavy atom. The molecule has 7 nitrogen and oxygen atoms in total. The summed E-state index contributed by atoms with van der Waals surface area (Å²) < 4.78 is 17.1. The van der Waals surface area contributed by atoms with Crippen LogP contribution in [-0.4, -0.2) is 29.6 Å². The molecule has 0 aliphatic heterocycles. The lowest BCUT2D eigenvalue weighted by molar-refractivity contribution is -0.139. The van der Waals surface area contributed by atoms with Gasteiger partial charge in [0, 0.05) is 23.9 Å². The molecule has 0 bridgehead atoms. The summed E-state index contributed by atoms with van der Waals surface area (Å²) in [4.78, 5) is 28.6. The zero-order valence-electron chi connectivity index (χ0n) is 15.8. The molecule has 0 amide bonds. The second-order valence-electron chi connectivity index (χ2n) is 6.07. The van der Waals surface area contributed by atoms with Crippen LogP contribution in [0.4, 0.5) is 0 Å². The fraction of sp³-hybridized carbons (Fsp3) is 0.190. The van der Waals surface area contributed by atoms with Gasteiger partial charge in [-0.15, -0.1) is 0 Å². The molecule has 0 spiro atoms. The molecule has 0 saturated carbocycles. The van der Waals surface area contributed by atoms with Crippen molar-refractivity contribution in [3.63, 3.8) is 0 Å². The van der Waals surface area contributed by atoms with Gasteiger partial charge >= 0.3 is 5.97 Å². The SMILES string of the molecule is COc1ccc(OC)c(/C=C/C(=O)OCc2cc(=O)n3cc(C)ccc3n2)c1. The number of ether oxygens (including phenoxy) is 3. The number of rotatable bonds is 6. The molecule has 28 heavy (non-hydrogen) atoms. The number of esters is 1. The van der Waals surface area contributed by atoms with Crippen LogP contribution in [0.25, 0.3) is 11.7 Å².